The second-order valence-electron chi connectivity index (χ2n) is 6.02. The number of rotatable bonds is 4. The van der Waals surface area contributed by atoms with Crippen molar-refractivity contribution in [3.8, 4) is 5.75 Å². The van der Waals surface area contributed by atoms with Crippen LogP contribution in [-0.2, 0) is 16.1 Å². The number of nitrogens with two attached hydrogens (primary N) is 1. The first-order valence-corrected chi connectivity index (χ1v) is 7.82. The number of nitrogen functional groups attached to an aromatic ring is 1. The molecule has 25 heavy (non-hydrogen) atoms. The molecule has 0 spiro atoms. The molecule has 1 aliphatic rings. The Bertz CT molecular complexity index is 814. The monoisotopic (exact) mass is 345 g/mol. The van der Waals surface area contributed by atoms with Crippen LogP contribution in [-0.4, -0.2) is 30.1 Å². The van der Waals surface area contributed by atoms with Gasteiger partial charge in [-0.1, -0.05) is 13.8 Å². The molecule has 1 amide bonds. The Morgan fingerprint density at radius 1 is 1.36 bits per heavy atom. The summed E-state index contributed by atoms with van der Waals surface area (Å²) in [6.07, 6.45) is -0.632. The highest BCUT2D eigenvalue weighted by atomic mass is 16.5. The fraction of sp³-hybridized carbons (Fsp3) is 0.353. The predicted molar refractivity (Wildman–Crippen MR) is 89.1 cm³/mol. The zero-order valence-electron chi connectivity index (χ0n) is 14.2. The van der Waals surface area contributed by atoms with E-state index in [1.807, 2.05) is 13.8 Å². The average molecular weight is 345 g/mol. The summed E-state index contributed by atoms with van der Waals surface area (Å²) in [6.45, 7) is 3.91. The zero-order chi connectivity index (χ0) is 18.1. The number of aromatic nitrogens is 1. The van der Waals surface area contributed by atoms with Gasteiger partial charge < -0.3 is 19.6 Å². The lowest BCUT2D eigenvalue weighted by Crippen LogP contribution is -2.48. The molecule has 8 nitrogen and oxygen atoms in total. The molecular weight excluding hydrogens is 326 g/mol. The molecule has 1 unspecified atom stereocenters. The summed E-state index contributed by atoms with van der Waals surface area (Å²) in [7, 11) is 1.27. The van der Waals surface area contributed by atoms with Crippen LogP contribution in [0, 0.1) is 5.92 Å². The Morgan fingerprint density at radius 2 is 2.12 bits per heavy atom. The second-order valence-corrected chi connectivity index (χ2v) is 6.02. The molecule has 0 bridgehead atoms. The standard InChI is InChI=1S/C17H19N3O5/c1-9(2)14-16(21)20(15-11(25-14)6-7-13(18)19-15)8-10-4-5-12(24-10)17(22)23-3/h4-7,9,14H,8H2,1-3H3,(H2,18,19). The normalized spacial score (nSPS) is 16.6. The van der Waals surface area contributed by atoms with Crippen LogP contribution in [0.15, 0.2) is 28.7 Å². The summed E-state index contributed by atoms with van der Waals surface area (Å²) in [6, 6.07) is 6.42. The van der Waals surface area contributed by atoms with Gasteiger partial charge in [0.05, 0.1) is 13.7 Å². The van der Waals surface area contributed by atoms with Crippen molar-refractivity contribution in [3.63, 3.8) is 0 Å². The van der Waals surface area contributed by atoms with Crippen molar-refractivity contribution in [1.82, 2.24) is 4.98 Å². The van der Waals surface area contributed by atoms with Crippen LogP contribution < -0.4 is 15.4 Å². The first-order chi connectivity index (χ1) is 11.9. The van der Waals surface area contributed by atoms with E-state index < -0.39 is 12.1 Å². The summed E-state index contributed by atoms with van der Waals surface area (Å²) in [5, 5.41) is 0. The van der Waals surface area contributed by atoms with E-state index in [1.54, 1.807) is 18.2 Å². The van der Waals surface area contributed by atoms with E-state index in [9.17, 15) is 9.59 Å². The number of hydrogen-bond donors (Lipinski definition) is 1. The first-order valence-electron chi connectivity index (χ1n) is 7.82. The SMILES string of the molecule is COC(=O)c1ccc(CN2C(=O)C(C(C)C)Oc3ccc(N)nc32)o1. The number of hydrogen-bond acceptors (Lipinski definition) is 7. The van der Waals surface area contributed by atoms with Crippen molar-refractivity contribution in [2.75, 3.05) is 17.7 Å². The molecular formula is C17H19N3O5. The summed E-state index contributed by atoms with van der Waals surface area (Å²) in [5.74, 6) is 0.734. The van der Waals surface area contributed by atoms with Crippen molar-refractivity contribution >= 4 is 23.5 Å². The van der Waals surface area contributed by atoms with Crippen LogP contribution >= 0.6 is 0 Å². The van der Waals surface area contributed by atoms with Gasteiger partial charge in [-0.05, 0) is 30.2 Å². The number of carbonyl (C=O) groups excluding carboxylic acids is 2. The Morgan fingerprint density at radius 3 is 2.80 bits per heavy atom. The summed E-state index contributed by atoms with van der Waals surface area (Å²) >= 11 is 0. The van der Waals surface area contributed by atoms with Crippen LogP contribution in [0.5, 0.6) is 5.75 Å². The molecule has 1 aliphatic heterocycles. The molecule has 0 fully saturated rings. The van der Waals surface area contributed by atoms with E-state index in [1.165, 1.54) is 18.1 Å². The van der Waals surface area contributed by atoms with E-state index in [2.05, 4.69) is 9.72 Å². The van der Waals surface area contributed by atoms with Crippen LogP contribution in [0.2, 0.25) is 0 Å². The number of carbonyl (C=O) groups is 2. The van der Waals surface area contributed by atoms with Gasteiger partial charge >= 0.3 is 5.97 Å². The van der Waals surface area contributed by atoms with Crippen LogP contribution in [0.3, 0.4) is 0 Å². The average Bonchev–Trinajstić information content (AvgIpc) is 3.05. The molecule has 3 rings (SSSR count). The van der Waals surface area contributed by atoms with E-state index in [0.29, 0.717) is 17.3 Å². The van der Waals surface area contributed by atoms with Crippen LogP contribution in [0.4, 0.5) is 11.6 Å². The maximum absolute atomic E-state index is 12.8. The van der Waals surface area contributed by atoms with Crippen LogP contribution in [0.1, 0.15) is 30.2 Å². The van der Waals surface area contributed by atoms with Crippen LogP contribution in [0.25, 0.3) is 0 Å². The van der Waals surface area contributed by atoms with Gasteiger partial charge in [-0.2, -0.15) is 0 Å². The predicted octanol–water partition coefficient (Wildman–Crippen LogP) is 1.99. The highest BCUT2D eigenvalue weighted by molar-refractivity contribution is 5.99. The molecule has 2 aromatic rings. The third kappa shape index (κ3) is 3.15. The highest BCUT2D eigenvalue weighted by Gasteiger charge is 2.38. The van der Waals surface area contributed by atoms with E-state index in [0.717, 1.165) is 0 Å². The molecule has 0 saturated heterocycles. The van der Waals surface area contributed by atoms with Gasteiger partial charge in [-0.15, -0.1) is 0 Å². The minimum absolute atomic E-state index is 0.0251. The molecule has 0 aliphatic carbocycles. The third-order valence-corrected chi connectivity index (χ3v) is 3.85. The molecule has 2 aromatic heterocycles. The molecule has 0 aromatic carbocycles. The zero-order valence-corrected chi connectivity index (χ0v) is 14.2. The van der Waals surface area contributed by atoms with E-state index in [4.69, 9.17) is 14.9 Å². The third-order valence-electron chi connectivity index (χ3n) is 3.85. The molecule has 0 saturated carbocycles. The Kier molecular flexibility index (Phi) is 4.35. The summed E-state index contributed by atoms with van der Waals surface area (Å²) < 4.78 is 15.9. The number of esters is 1. The van der Waals surface area contributed by atoms with Crippen molar-refractivity contribution in [3.05, 3.63) is 35.8 Å². The fourth-order valence-electron chi connectivity index (χ4n) is 2.58. The molecule has 8 heteroatoms. The van der Waals surface area contributed by atoms with Crippen molar-refractivity contribution < 1.29 is 23.5 Å². The summed E-state index contributed by atoms with van der Waals surface area (Å²) in [5.41, 5.74) is 5.75. The van der Waals surface area contributed by atoms with Gasteiger partial charge in [0.2, 0.25) is 5.76 Å². The minimum Gasteiger partial charge on any atom is -0.476 e. The molecule has 3 heterocycles. The van der Waals surface area contributed by atoms with Crippen molar-refractivity contribution in [1.29, 1.82) is 0 Å². The molecule has 0 radical (unpaired) electrons. The number of ether oxygens (including phenoxy) is 2. The number of amides is 1. The fourth-order valence-corrected chi connectivity index (χ4v) is 2.58. The maximum Gasteiger partial charge on any atom is 0.373 e. The van der Waals surface area contributed by atoms with Crippen molar-refractivity contribution in [2.24, 2.45) is 5.92 Å². The number of pyridine rings is 1. The van der Waals surface area contributed by atoms with Gasteiger partial charge in [0.1, 0.15) is 11.6 Å². The number of furan rings is 1. The largest absolute Gasteiger partial charge is 0.476 e. The van der Waals surface area contributed by atoms with Gasteiger partial charge in [0, 0.05) is 0 Å². The van der Waals surface area contributed by atoms with Gasteiger partial charge in [-0.25, -0.2) is 9.78 Å². The second kappa shape index (κ2) is 6.46. The lowest BCUT2D eigenvalue weighted by molar-refractivity contribution is -0.128. The maximum atomic E-state index is 12.8. The smallest absolute Gasteiger partial charge is 0.373 e. The molecule has 132 valence electrons. The quantitative estimate of drug-likeness (QED) is 0.844. The van der Waals surface area contributed by atoms with Crippen molar-refractivity contribution in [2.45, 2.75) is 26.5 Å². The number of nitrogens with zero attached hydrogens (tertiary/aromatic N) is 2. The van der Waals surface area contributed by atoms with E-state index in [-0.39, 0.29) is 29.9 Å². The highest BCUT2D eigenvalue weighted by Crippen LogP contribution is 2.35. The number of anilines is 2. The van der Waals surface area contributed by atoms with Gasteiger partial charge in [0.15, 0.2) is 17.7 Å². The molecule has 1 atom stereocenters. The number of methoxy groups -OCH3 is 1. The first kappa shape index (κ1) is 16.8. The van der Waals surface area contributed by atoms with E-state index >= 15 is 0 Å². The van der Waals surface area contributed by atoms with Gasteiger partial charge in [-0.3, -0.25) is 9.69 Å². The van der Waals surface area contributed by atoms with Gasteiger partial charge in [0.25, 0.3) is 5.91 Å². The Labute approximate surface area is 144 Å². The Hall–Kier alpha value is -3.03. The molecule has 2 N–H and O–H groups in total. The lowest BCUT2D eigenvalue weighted by Gasteiger charge is -2.34. The topological polar surface area (TPSA) is 108 Å². The minimum atomic E-state index is -0.632. The number of fused-ring (bicyclic) bond motifs is 1. The lowest BCUT2D eigenvalue weighted by atomic mass is 10.0. The Balaban J connectivity index is 1.95. The summed E-state index contributed by atoms with van der Waals surface area (Å²) in [4.78, 5) is 30.0.